The van der Waals surface area contributed by atoms with Gasteiger partial charge in [-0.25, -0.2) is 0 Å². The van der Waals surface area contributed by atoms with Gasteiger partial charge in [-0.2, -0.15) is 0 Å². The van der Waals surface area contributed by atoms with Gasteiger partial charge < -0.3 is 0 Å². The summed E-state index contributed by atoms with van der Waals surface area (Å²) >= 11 is 0. The first-order valence-electron chi connectivity index (χ1n) is 4.27. The topological polar surface area (TPSA) is 0 Å². The quantitative estimate of drug-likeness (QED) is 0.559. The van der Waals surface area contributed by atoms with Crippen molar-refractivity contribution in [3.63, 3.8) is 0 Å². The van der Waals surface area contributed by atoms with E-state index in [9.17, 15) is 0 Å². The SMILES string of the molecule is c1ccc(P2CCCC2)cc1. The Morgan fingerprint density at radius 2 is 1.55 bits per heavy atom. The van der Waals surface area contributed by atoms with E-state index < -0.39 is 0 Å². The largest absolute Gasteiger partial charge is 0.0753 e. The summed E-state index contributed by atoms with van der Waals surface area (Å²) in [6.45, 7) is 0. The van der Waals surface area contributed by atoms with Gasteiger partial charge in [0.2, 0.25) is 0 Å². The minimum atomic E-state index is 0.260. The summed E-state index contributed by atoms with van der Waals surface area (Å²) in [5.74, 6) is 0. The lowest BCUT2D eigenvalue weighted by Gasteiger charge is -2.08. The average Bonchev–Trinajstić information content (AvgIpc) is 2.58. The monoisotopic (exact) mass is 164 g/mol. The second-order valence-electron chi connectivity index (χ2n) is 3.03. The summed E-state index contributed by atoms with van der Waals surface area (Å²) in [7, 11) is 0.260. The van der Waals surface area contributed by atoms with Gasteiger partial charge in [0.25, 0.3) is 0 Å². The third-order valence-corrected chi connectivity index (χ3v) is 4.97. The Kier molecular flexibility index (Phi) is 2.23. The van der Waals surface area contributed by atoms with Crippen LogP contribution in [0.25, 0.3) is 0 Å². The lowest BCUT2D eigenvalue weighted by atomic mass is 10.4. The Morgan fingerprint density at radius 3 is 2.18 bits per heavy atom. The van der Waals surface area contributed by atoms with E-state index in [1.165, 1.54) is 25.2 Å². The first-order chi connectivity index (χ1) is 5.47. The highest BCUT2D eigenvalue weighted by atomic mass is 31.1. The van der Waals surface area contributed by atoms with Crippen molar-refractivity contribution in [2.75, 3.05) is 12.3 Å². The predicted octanol–water partition coefficient (Wildman–Crippen LogP) is 2.59. The molecule has 1 aliphatic heterocycles. The summed E-state index contributed by atoms with van der Waals surface area (Å²) in [5, 5.41) is 1.61. The van der Waals surface area contributed by atoms with Crippen LogP contribution < -0.4 is 5.30 Å². The van der Waals surface area contributed by atoms with E-state index in [4.69, 9.17) is 0 Å². The minimum absolute atomic E-state index is 0.260. The summed E-state index contributed by atoms with van der Waals surface area (Å²) in [6.07, 6.45) is 5.86. The lowest BCUT2D eigenvalue weighted by molar-refractivity contribution is 0.949. The number of rotatable bonds is 1. The lowest BCUT2D eigenvalue weighted by Crippen LogP contribution is -1.99. The first-order valence-corrected chi connectivity index (χ1v) is 5.98. The number of hydrogen-bond donors (Lipinski definition) is 0. The summed E-state index contributed by atoms with van der Waals surface area (Å²) < 4.78 is 0. The molecule has 0 amide bonds. The zero-order valence-corrected chi connectivity index (χ0v) is 7.56. The summed E-state index contributed by atoms with van der Waals surface area (Å²) in [5.41, 5.74) is 0. The molecule has 1 aliphatic rings. The fourth-order valence-corrected chi connectivity index (χ4v) is 4.16. The zero-order valence-electron chi connectivity index (χ0n) is 6.66. The molecule has 1 aromatic rings. The second kappa shape index (κ2) is 3.36. The van der Waals surface area contributed by atoms with Gasteiger partial charge in [0.05, 0.1) is 0 Å². The maximum absolute atomic E-state index is 2.29. The van der Waals surface area contributed by atoms with Crippen LogP contribution in [0.1, 0.15) is 12.8 Å². The molecule has 0 aromatic heterocycles. The Labute approximate surface area is 69.4 Å². The number of hydrogen-bond acceptors (Lipinski definition) is 0. The van der Waals surface area contributed by atoms with Crippen LogP contribution in [0.2, 0.25) is 0 Å². The molecule has 1 heterocycles. The van der Waals surface area contributed by atoms with Crippen LogP contribution >= 0.6 is 7.92 Å². The van der Waals surface area contributed by atoms with Crippen LogP contribution in [0.15, 0.2) is 30.3 Å². The Morgan fingerprint density at radius 1 is 0.909 bits per heavy atom. The van der Waals surface area contributed by atoms with Gasteiger partial charge in [-0.05, 0) is 30.5 Å². The van der Waals surface area contributed by atoms with Crippen LogP contribution in [0, 0.1) is 0 Å². The molecular formula is C10H13P. The highest BCUT2D eigenvalue weighted by molar-refractivity contribution is 7.65. The fraction of sp³-hybridized carbons (Fsp3) is 0.400. The Balaban J connectivity index is 2.16. The zero-order chi connectivity index (χ0) is 7.52. The molecule has 0 radical (unpaired) electrons. The Bertz CT molecular complexity index is 212. The van der Waals surface area contributed by atoms with Crippen LogP contribution in [0.4, 0.5) is 0 Å². The van der Waals surface area contributed by atoms with Gasteiger partial charge in [0, 0.05) is 0 Å². The molecule has 11 heavy (non-hydrogen) atoms. The van der Waals surface area contributed by atoms with Gasteiger partial charge in [-0.1, -0.05) is 38.3 Å². The normalized spacial score (nSPS) is 18.9. The molecule has 0 N–H and O–H groups in total. The number of benzene rings is 1. The molecule has 1 fully saturated rings. The van der Waals surface area contributed by atoms with Crippen molar-refractivity contribution in [3.8, 4) is 0 Å². The fourth-order valence-electron chi connectivity index (χ4n) is 1.61. The van der Waals surface area contributed by atoms with Crippen LogP contribution in [0.5, 0.6) is 0 Å². The van der Waals surface area contributed by atoms with Crippen LogP contribution in [0.3, 0.4) is 0 Å². The molecule has 1 saturated heterocycles. The van der Waals surface area contributed by atoms with Crippen molar-refractivity contribution in [3.05, 3.63) is 30.3 Å². The highest BCUT2D eigenvalue weighted by Gasteiger charge is 2.14. The van der Waals surface area contributed by atoms with Crippen molar-refractivity contribution in [2.24, 2.45) is 0 Å². The second-order valence-corrected chi connectivity index (χ2v) is 5.52. The molecule has 2 rings (SSSR count). The molecule has 0 atom stereocenters. The van der Waals surface area contributed by atoms with Gasteiger partial charge in [0.1, 0.15) is 0 Å². The molecule has 0 unspecified atom stereocenters. The predicted molar refractivity (Wildman–Crippen MR) is 52.0 cm³/mol. The Hall–Kier alpha value is -0.350. The molecule has 0 nitrogen and oxygen atoms in total. The van der Waals surface area contributed by atoms with Crippen LogP contribution in [-0.4, -0.2) is 12.3 Å². The van der Waals surface area contributed by atoms with E-state index in [2.05, 4.69) is 30.3 Å². The van der Waals surface area contributed by atoms with E-state index in [1.807, 2.05) is 0 Å². The van der Waals surface area contributed by atoms with E-state index in [0.29, 0.717) is 0 Å². The molecule has 0 saturated carbocycles. The molecule has 1 aromatic carbocycles. The third kappa shape index (κ3) is 1.62. The van der Waals surface area contributed by atoms with Crippen molar-refractivity contribution >= 4 is 13.2 Å². The van der Waals surface area contributed by atoms with Gasteiger partial charge in [-0.15, -0.1) is 0 Å². The van der Waals surface area contributed by atoms with Gasteiger partial charge in [0.15, 0.2) is 0 Å². The van der Waals surface area contributed by atoms with E-state index in [1.54, 1.807) is 5.30 Å². The van der Waals surface area contributed by atoms with Crippen LogP contribution in [-0.2, 0) is 0 Å². The average molecular weight is 164 g/mol. The first kappa shape index (κ1) is 7.31. The van der Waals surface area contributed by atoms with Gasteiger partial charge >= 0.3 is 0 Å². The maximum Gasteiger partial charge on any atom is -0.0240 e. The maximum atomic E-state index is 2.29. The molecule has 0 bridgehead atoms. The van der Waals surface area contributed by atoms with Gasteiger partial charge in [-0.3, -0.25) is 0 Å². The van der Waals surface area contributed by atoms with Crippen molar-refractivity contribution in [1.29, 1.82) is 0 Å². The smallest absolute Gasteiger partial charge is 0.0240 e. The molecule has 0 spiro atoms. The molecule has 1 heteroatoms. The third-order valence-electron chi connectivity index (χ3n) is 2.23. The standard InChI is InChI=1S/C10H13P/c1-2-6-10(7-3-1)11-8-4-5-9-11/h1-3,6-7H,4-5,8-9H2. The minimum Gasteiger partial charge on any atom is -0.0753 e. The van der Waals surface area contributed by atoms with E-state index in [-0.39, 0.29) is 7.92 Å². The summed E-state index contributed by atoms with van der Waals surface area (Å²) in [4.78, 5) is 0. The highest BCUT2D eigenvalue weighted by Crippen LogP contribution is 2.41. The summed E-state index contributed by atoms with van der Waals surface area (Å²) in [6, 6.07) is 11.0. The molecule has 0 aliphatic carbocycles. The van der Waals surface area contributed by atoms with E-state index >= 15 is 0 Å². The van der Waals surface area contributed by atoms with Crippen molar-refractivity contribution in [1.82, 2.24) is 0 Å². The van der Waals surface area contributed by atoms with E-state index in [0.717, 1.165) is 0 Å². The molecule has 58 valence electrons. The van der Waals surface area contributed by atoms with Crippen molar-refractivity contribution < 1.29 is 0 Å². The van der Waals surface area contributed by atoms with Crippen molar-refractivity contribution in [2.45, 2.75) is 12.8 Å². The molecular weight excluding hydrogens is 151 g/mol.